The number of aliphatic carboxylic acids is 1. The molecule has 1 aromatic rings. The minimum atomic E-state index is -0.896. The molecular formula is C14H16O3. The molecule has 0 saturated heterocycles. The number of fused-ring (bicyclic) bond motifs is 1. The van der Waals surface area contributed by atoms with Crippen molar-refractivity contribution in [1.29, 1.82) is 0 Å². The second-order valence-corrected chi connectivity index (χ2v) is 4.42. The summed E-state index contributed by atoms with van der Waals surface area (Å²) in [6, 6.07) is 4.06. The smallest absolute Gasteiger partial charge is 0.328 e. The second kappa shape index (κ2) is 4.62. The number of rotatable bonds is 1. The Labute approximate surface area is 101 Å². The number of hydrogen-bond acceptors (Lipinski definition) is 2. The molecule has 0 unspecified atom stereocenters. The van der Waals surface area contributed by atoms with E-state index in [2.05, 4.69) is 6.07 Å². The van der Waals surface area contributed by atoms with E-state index >= 15 is 0 Å². The minimum Gasteiger partial charge on any atom is -0.493 e. The van der Waals surface area contributed by atoms with E-state index in [1.54, 1.807) is 0 Å². The number of benzene rings is 1. The highest BCUT2D eigenvalue weighted by molar-refractivity contribution is 5.91. The summed E-state index contributed by atoms with van der Waals surface area (Å²) in [6.07, 6.45) is 2.90. The molecule has 0 spiro atoms. The van der Waals surface area contributed by atoms with Gasteiger partial charge in [0.05, 0.1) is 6.61 Å². The normalized spacial score (nSPS) is 17.2. The van der Waals surface area contributed by atoms with Crippen LogP contribution in [-0.4, -0.2) is 17.7 Å². The SMILES string of the molecule is Cc1cc(C)c2c(c1)/C(=C/C(=O)O)CCCO2. The summed E-state index contributed by atoms with van der Waals surface area (Å²) in [5, 5.41) is 8.90. The Hall–Kier alpha value is -1.77. The van der Waals surface area contributed by atoms with E-state index in [1.165, 1.54) is 6.08 Å². The van der Waals surface area contributed by atoms with Crippen LogP contribution in [0.5, 0.6) is 5.75 Å². The molecule has 1 N–H and O–H groups in total. The van der Waals surface area contributed by atoms with Gasteiger partial charge in [-0.05, 0) is 49.5 Å². The molecule has 1 aromatic carbocycles. The highest BCUT2D eigenvalue weighted by Gasteiger charge is 2.17. The summed E-state index contributed by atoms with van der Waals surface area (Å²) in [5.74, 6) is -0.0624. The molecule has 0 fully saturated rings. The quantitative estimate of drug-likeness (QED) is 0.757. The summed E-state index contributed by atoms with van der Waals surface area (Å²) in [4.78, 5) is 10.8. The van der Waals surface area contributed by atoms with Crippen LogP contribution < -0.4 is 4.74 Å². The molecule has 0 radical (unpaired) electrons. The number of carbonyl (C=O) groups is 1. The fourth-order valence-corrected chi connectivity index (χ4v) is 2.25. The zero-order valence-corrected chi connectivity index (χ0v) is 10.1. The van der Waals surface area contributed by atoms with E-state index in [0.29, 0.717) is 6.61 Å². The molecule has 0 amide bonds. The standard InChI is InChI=1S/C14H16O3/c1-9-6-10(2)14-12(7-9)11(8-13(15)16)4-3-5-17-14/h6-8H,3-5H2,1-2H3,(H,15,16)/b11-8+. The first-order chi connectivity index (χ1) is 8.08. The van der Waals surface area contributed by atoms with Crippen molar-refractivity contribution in [2.24, 2.45) is 0 Å². The average molecular weight is 232 g/mol. The molecule has 1 heterocycles. The summed E-state index contributed by atoms with van der Waals surface area (Å²) >= 11 is 0. The van der Waals surface area contributed by atoms with Crippen molar-refractivity contribution in [2.45, 2.75) is 26.7 Å². The Morgan fingerprint density at radius 1 is 1.41 bits per heavy atom. The van der Waals surface area contributed by atoms with Gasteiger partial charge in [-0.3, -0.25) is 0 Å². The first-order valence-corrected chi connectivity index (χ1v) is 5.76. The molecule has 0 bridgehead atoms. The van der Waals surface area contributed by atoms with Gasteiger partial charge in [0.15, 0.2) is 0 Å². The number of aryl methyl sites for hydroxylation is 2. The van der Waals surface area contributed by atoms with Gasteiger partial charge in [-0.25, -0.2) is 4.79 Å². The summed E-state index contributed by atoms with van der Waals surface area (Å²) in [5.41, 5.74) is 3.99. The lowest BCUT2D eigenvalue weighted by atomic mass is 9.96. The molecule has 90 valence electrons. The van der Waals surface area contributed by atoms with Crippen molar-refractivity contribution in [3.05, 3.63) is 34.9 Å². The molecular weight excluding hydrogens is 216 g/mol. The predicted molar refractivity (Wildman–Crippen MR) is 66.3 cm³/mol. The number of ether oxygens (including phenoxy) is 1. The van der Waals surface area contributed by atoms with Crippen LogP contribution in [0.4, 0.5) is 0 Å². The van der Waals surface area contributed by atoms with Crippen molar-refractivity contribution in [3.63, 3.8) is 0 Å². The van der Waals surface area contributed by atoms with Crippen LogP contribution in [0, 0.1) is 13.8 Å². The van der Waals surface area contributed by atoms with Crippen molar-refractivity contribution >= 4 is 11.5 Å². The maximum atomic E-state index is 10.8. The molecule has 3 nitrogen and oxygen atoms in total. The lowest BCUT2D eigenvalue weighted by Crippen LogP contribution is -1.97. The first kappa shape index (κ1) is 11.7. The van der Waals surface area contributed by atoms with Gasteiger partial charge in [-0.1, -0.05) is 6.07 Å². The van der Waals surface area contributed by atoms with Crippen LogP contribution in [-0.2, 0) is 4.79 Å². The first-order valence-electron chi connectivity index (χ1n) is 5.76. The lowest BCUT2D eigenvalue weighted by Gasteiger charge is -2.12. The van der Waals surface area contributed by atoms with Gasteiger partial charge in [-0.2, -0.15) is 0 Å². The molecule has 0 aromatic heterocycles. The van der Waals surface area contributed by atoms with Crippen LogP contribution in [0.15, 0.2) is 18.2 Å². The second-order valence-electron chi connectivity index (χ2n) is 4.42. The minimum absolute atomic E-state index is 0.647. The number of carboxylic acid groups (broad SMARTS) is 1. The van der Waals surface area contributed by atoms with Crippen molar-refractivity contribution in [2.75, 3.05) is 6.61 Å². The maximum Gasteiger partial charge on any atom is 0.328 e. The number of hydrogen-bond donors (Lipinski definition) is 1. The van der Waals surface area contributed by atoms with E-state index in [9.17, 15) is 4.79 Å². The molecule has 3 heteroatoms. The Bertz CT molecular complexity index is 486. The molecule has 1 aliphatic rings. The van der Waals surface area contributed by atoms with Crippen molar-refractivity contribution in [3.8, 4) is 5.75 Å². The largest absolute Gasteiger partial charge is 0.493 e. The average Bonchev–Trinajstić information content (AvgIpc) is 2.41. The summed E-state index contributed by atoms with van der Waals surface area (Å²) in [7, 11) is 0. The van der Waals surface area contributed by atoms with E-state index in [4.69, 9.17) is 9.84 Å². The van der Waals surface area contributed by atoms with Crippen LogP contribution in [0.1, 0.15) is 29.5 Å². The van der Waals surface area contributed by atoms with Gasteiger partial charge >= 0.3 is 5.97 Å². The van der Waals surface area contributed by atoms with Crippen molar-refractivity contribution in [1.82, 2.24) is 0 Å². The van der Waals surface area contributed by atoms with Gasteiger partial charge in [0.2, 0.25) is 0 Å². The van der Waals surface area contributed by atoms with E-state index in [-0.39, 0.29) is 0 Å². The maximum absolute atomic E-state index is 10.8. The molecule has 0 saturated carbocycles. The van der Waals surface area contributed by atoms with E-state index in [0.717, 1.165) is 40.9 Å². The van der Waals surface area contributed by atoms with E-state index < -0.39 is 5.97 Å². The molecule has 1 aliphatic heterocycles. The van der Waals surface area contributed by atoms with Gasteiger partial charge < -0.3 is 9.84 Å². The third kappa shape index (κ3) is 2.49. The zero-order valence-electron chi connectivity index (χ0n) is 10.1. The fourth-order valence-electron chi connectivity index (χ4n) is 2.25. The number of allylic oxidation sites excluding steroid dienone is 1. The summed E-state index contributed by atoms with van der Waals surface area (Å²) in [6.45, 7) is 4.65. The van der Waals surface area contributed by atoms with Gasteiger partial charge in [0, 0.05) is 11.6 Å². The Morgan fingerprint density at radius 3 is 2.88 bits per heavy atom. The van der Waals surface area contributed by atoms with Gasteiger partial charge in [0.1, 0.15) is 5.75 Å². The highest BCUT2D eigenvalue weighted by Crippen LogP contribution is 2.35. The third-order valence-electron chi connectivity index (χ3n) is 2.90. The molecule has 17 heavy (non-hydrogen) atoms. The third-order valence-corrected chi connectivity index (χ3v) is 2.90. The fraction of sp³-hybridized carbons (Fsp3) is 0.357. The molecule has 0 aliphatic carbocycles. The zero-order chi connectivity index (χ0) is 12.4. The van der Waals surface area contributed by atoms with Crippen molar-refractivity contribution < 1.29 is 14.6 Å². The molecule has 2 rings (SSSR count). The van der Waals surface area contributed by atoms with E-state index in [1.807, 2.05) is 19.9 Å². The Balaban J connectivity index is 2.59. The molecule has 0 atom stereocenters. The highest BCUT2D eigenvalue weighted by atomic mass is 16.5. The monoisotopic (exact) mass is 232 g/mol. The van der Waals surface area contributed by atoms with Crippen LogP contribution >= 0.6 is 0 Å². The lowest BCUT2D eigenvalue weighted by molar-refractivity contribution is -0.131. The summed E-state index contributed by atoms with van der Waals surface area (Å²) < 4.78 is 5.71. The Morgan fingerprint density at radius 2 is 2.18 bits per heavy atom. The number of carboxylic acids is 1. The van der Waals surface area contributed by atoms with Crippen LogP contribution in [0.25, 0.3) is 5.57 Å². The van der Waals surface area contributed by atoms with Crippen LogP contribution in [0.3, 0.4) is 0 Å². The topological polar surface area (TPSA) is 46.5 Å². The predicted octanol–water partition coefficient (Wildman–Crippen LogP) is 2.94. The van der Waals surface area contributed by atoms with Crippen LogP contribution in [0.2, 0.25) is 0 Å². The van der Waals surface area contributed by atoms with Gasteiger partial charge in [0.25, 0.3) is 0 Å². The Kier molecular flexibility index (Phi) is 3.18. The van der Waals surface area contributed by atoms with Gasteiger partial charge in [-0.15, -0.1) is 0 Å².